The van der Waals surface area contributed by atoms with E-state index >= 15 is 0 Å². The van der Waals surface area contributed by atoms with Crippen molar-refractivity contribution in [1.29, 1.82) is 0 Å². The van der Waals surface area contributed by atoms with Gasteiger partial charge in [0.15, 0.2) is 6.23 Å². The van der Waals surface area contributed by atoms with Gasteiger partial charge < -0.3 is 0 Å². The minimum absolute atomic E-state index is 0.352. The van der Waals surface area contributed by atoms with Gasteiger partial charge >= 0.3 is 0 Å². The van der Waals surface area contributed by atoms with Gasteiger partial charge in [0.2, 0.25) is 0 Å². The van der Waals surface area contributed by atoms with Crippen molar-refractivity contribution in [2.45, 2.75) is 20.1 Å². The van der Waals surface area contributed by atoms with Crippen molar-refractivity contribution in [3.05, 3.63) is 0 Å². The third-order valence-corrected chi connectivity index (χ3v) is 0.859. The third kappa shape index (κ3) is 0.698. The maximum absolute atomic E-state index is 4.72. The number of rotatable bonds is 1. The zero-order valence-electron chi connectivity index (χ0n) is 4.06. The largest absolute Gasteiger partial charge is 0.278 e. The van der Waals surface area contributed by atoms with E-state index in [-0.39, 0.29) is 0 Å². The highest BCUT2D eigenvalue weighted by Gasteiger charge is 2.25. The van der Waals surface area contributed by atoms with Gasteiger partial charge in [-0.1, -0.05) is 13.8 Å². The smallest absolute Gasteiger partial charge is 0.153 e. The first-order valence-electron chi connectivity index (χ1n) is 2.22. The molecule has 1 unspecified atom stereocenters. The second-order valence-electron chi connectivity index (χ2n) is 1.90. The first kappa shape index (κ1) is 4.09. The quantitative estimate of drug-likeness (QED) is 0.473. The monoisotopic (exact) mass is 87.1 g/mol. The average molecular weight is 87.1 g/mol. The summed E-state index contributed by atoms with van der Waals surface area (Å²) in [6.07, 6.45) is 0.352. The highest BCUT2D eigenvalue weighted by atomic mass is 16.8. The van der Waals surface area contributed by atoms with Gasteiger partial charge in [-0.2, -0.15) is 5.48 Å². The summed E-state index contributed by atoms with van der Waals surface area (Å²) in [5.41, 5.74) is 2.73. The van der Waals surface area contributed by atoms with E-state index in [4.69, 9.17) is 4.84 Å². The number of hydroxylamine groups is 1. The summed E-state index contributed by atoms with van der Waals surface area (Å²) in [7, 11) is 0. The first-order chi connectivity index (χ1) is 2.80. The number of hydrogen-bond acceptors (Lipinski definition) is 2. The van der Waals surface area contributed by atoms with Crippen molar-refractivity contribution in [3.63, 3.8) is 0 Å². The van der Waals surface area contributed by atoms with Crippen molar-refractivity contribution in [3.8, 4) is 0 Å². The van der Waals surface area contributed by atoms with E-state index in [0.717, 1.165) is 0 Å². The van der Waals surface area contributed by atoms with Crippen LogP contribution in [0, 0.1) is 5.92 Å². The fourth-order valence-corrected chi connectivity index (χ4v) is 0.311. The van der Waals surface area contributed by atoms with Gasteiger partial charge in [-0.3, -0.25) is 4.84 Å². The van der Waals surface area contributed by atoms with Gasteiger partial charge in [-0.25, -0.2) is 0 Å². The van der Waals surface area contributed by atoms with Crippen LogP contribution in [0.1, 0.15) is 13.8 Å². The van der Waals surface area contributed by atoms with Gasteiger partial charge in [0.1, 0.15) is 0 Å². The van der Waals surface area contributed by atoms with Gasteiger partial charge in [0.05, 0.1) is 0 Å². The lowest BCUT2D eigenvalue weighted by atomic mass is 10.2. The summed E-state index contributed by atoms with van der Waals surface area (Å²) in [4.78, 5) is 4.72. The predicted octanol–water partition coefficient (Wildman–Crippen LogP) is 0.503. The minimum Gasteiger partial charge on any atom is -0.278 e. The summed E-state index contributed by atoms with van der Waals surface area (Å²) in [5, 5.41) is 0. The average Bonchev–Trinajstić information content (AvgIpc) is 2.06. The summed E-state index contributed by atoms with van der Waals surface area (Å²) < 4.78 is 0. The maximum Gasteiger partial charge on any atom is 0.153 e. The topological polar surface area (TPSA) is 34.5 Å². The Morgan fingerprint density at radius 2 is 2.17 bits per heavy atom. The molecule has 0 saturated carbocycles. The van der Waals surface area contributed by atoms with Gasteiger partial charge in [0, 0.05) is 0 Å². The van der Waals surface area contributed by atoms with Crippen LogP contribution in [0.4, 0.5) is 0 Å². The van der Waals surface area contributed by atoms with E-state index in [2.05, 4.69) is 19.3 Å². The first-order valence-corrected chi connectivity index (χ1v) is 2.22. The summed E-state index contributed by atoms with van der Waals surface area (Å²) >= 11 is 0. The molecule has 1 heterocycles. The minimum atomic E-state index is 0.352. The van der Waals surface area contributed by atoms with Crippen molar-refractivity contribution in [2.24, 2.45) is 5.92 Å². The molecule has 1 aliphatic heterocycles. The molecule has 6 heavy (non-hydrogen) atoms. The lowest BCUT2D eigenvalue weighted by Crippen LogP contribution is -1.98. The van der Waals surface area contributed by atoms with Crippen LogP contribution in [0.25, 0.3) is 0 Å². The van der Waals surface area contributed by atoms with Crippen LogP contribution in [0.15, 0.2) is 0 Å². The van der Waals surface area contributed by atoms with Crippen molar-refractivity contribution in [2.75, 3.05) is 0 Å². The van der Waals surface area contributed by atoms with Crippen LogP contribution >= 0.6 is 0 Å². The normalized spacial score (nSPS) is 31.5. The lowest BCUT2D eigenvalue weighted by molar-refractivity contribution is 0.334. The highest BCUT2D eigenvalue weighted by Crippen LogP contribution is 2.10. The van der Waals surface area contributed by atoms with Gasteiger partial charge in [0.25, 0.3) is 0 Å². The van der Waals surface area contributed by atoms with Crippen molar-refractivity contribution in [1.82, 2.24) is 5.48 Å². The fourth-order valence-electron chi connectivity index (χ4n) is 0.311. The van der Waals surface area contributed by atoms with Crippen molar-refractivity contribution >= 4 is 0 Å². The number of hydrogen-bond donors (Lipinski definition) is 1. The molecule has 1 rings (SSSR count). The van der Waals surface area contributed by atoms with E-state index in [0.29, 0.717) is 12.1 Å². The van der Waals surface area contributed by atoms with Gasteiger partial charge in [-0.15, -0.1) is 0 Å². The molecule has 2 nitrogen and oxygen atoms in total. The molecule has 2 heteroatoms. The van der Waals surface area contributed by atoms with Crippen LogP contribution in [0.2, 0.25) is 0 Å². The molecule has 1 aliphatic rings. The molecular formula is C4H9NO. The van der Waals surface area contributed by atoms with Crippen LogP contribution in [-0.4, -0.2) is 6.23 Å². The van der Waals surface area contributed by atoms with Crippen LogP contribution in [-0.2, 0) is 4.84 Å². The molecule has 0 aromatic carbocycles. The Balaban J connectivity index is 2.13. The Labute approximate surface area is 37.4 Å². The molecule has 0 aliphatic carbocycles. The van der Waals surface area contributed by atoms with E-state index < -0.39 is 0 Å². The highest BCUT2D eigenvalue weighted by molar-refractivity contribution is 4.61. The summed E-state index contributed by atoms with van der Waals surface area (Å²) in [6.45, 7) is 4.23. The Bertz CT molecular complexity index is 49.5. The molecule has 1 N–H and O–H groups in total. The number of nitrogens with one attached hydrogen (secondary N) is 1. The fraction of sp³-hybridized carbons (Fsp3) is 1.00. The Hall–Kier alpha value is -0.0800. The Morgan fingerprint density at radius 1 is 1.67 bits per heavy atom. The second kappa shape index (κ2) is 1.21. The molecule has 0 aromatic rings. The SMILES string of the molecule is CC(C)C1NO1. The summed E-state index contributed by atoms with van der Waals surface area (Å²) in [5.74, 6) is 0.630. The molecule has 36 valence electrons. The van der Waals surface area contributed by atoms with Crippen LogP contribution in [0.3, 0.4) is 0 Å². The molecule has 0 bridgehead atoms. The molecule has 0 radical (unpaired) electrons. The molecule has 0 spiro atoms. The third-order valence-electron chi connectivity index (χ3n) is 0.859. The van der Waals surface area contributed by atoms with E-state index in [9.17, 15) is 0 Å². The predicted molar refractivity (Wildman–Crippen MR) is 22.8 cm³/mol. The second-order valence-corrected chi connectivity index (χ2v) is 1.90. The van der Waals surface area contributed by atoms with E-state index in [1.165, 1.54) is 0 Å². The molecule has 1 atom stereocenters. The molecule has 1 saturated heterocycles. The molecule has 0 aromatic heterocycles. The molecule has 0 amide bonds. The lowest BCUT2D eigenvalue weighted by Gasteiger charge is -1.88. The van der Waals surface area contributed by atoms with Crippen molar-refractivity contribution < 1.29 is 4.84 Å². The zero-order valence-corrected chi connectivity index (χ0v) is 4.06. The van der Waals surface area contributed by atoms with E-state index in [1.54, 1.807) is 0 Å². The van der Waals surface area contributed by atoms with E-state index in [1.807, 2.05) is 0 Å². The van der Waals surface area contributed by atoms with Crippen LogP contribution < -0.4 is 5.48 Å². The summed E-state index contributed by atoms with van der Waals surface area (Å²) in [6, 6.07) is 0. The van der Waals surface area contributed by atoms with Crippen LogP contribution in [0.5, 0.6) is 0 Å². The standard InChI is InChI=1S/C4H9NO/c1-3(2)4-5-6-4/h3-5H,1-2H3. The Kier molecular flexibility index (Phi) is 0.821. The maximum atomic E-state index is 4.72. The van der Waals surface area contributed by atoms with Gasteiger partial charge in [-0.05, 0) is 5.92 Å². The Morgan fingerprint density at radius 3 is 2.17 bits per heavy atom. The molecule has 1 fully saturated rings. The molecular weight excluding hydrogens is 78.0 g/mol. The zero-order chi connectivity index (χ0) is 4.57.